The van der Waals surface area contributed by atoms with Crippen LogP contribution in [0.25, 0.3) is 0 Å². The van der Waals surface area contributed by atoms with E-state index in [9.17, 15) is 18.3 Å². The molecular formula is C15H11BrClNO6S. The standard InChI is InChI=1S/C15H11BrClNO6S/c16-8-1-2-14(10(17)5-8)25(21,22)18-11-7-13-12(23-3-4-24-13)6-9(11)15(19)20/h1-2,5-7,18H,3-4H2,(H,19,20). The predicted octanol–water partition coefficient (Wildman–Crippen LogP) is 3.37. The lowest BCUT2D eigenvalue weighted by Crippen LogP contribution is -2.19. The van der Waals surface area contributed by atoms with Crippen molar-refractivity contribution in [3.05, 3.63) is 45.4 Å². The van der Waals surface area contributed by atoms with Crippen LogP contribution in [0.1, 0.15) is 10.4 Å². The molecule has 0 atom stereocenters. The van der Waals surface area contributed by atoms with Crippen LogP contribution in [0.5, 0.6) is 11.5 Å². The Labute approximate surface area is 156 Å². The first-order valence-electron chi connectivity index (χ1n) is 6.93. The summed E-state index contributed by atoms with van der Waals surface area (Å²) in [5.41, 5.74) is -0.406. The number of anilines is 1. The zero-order chi connectivity index (χ0) is 18.2. The topological polar surface area (TPSA) is 102 Å². The molecule has 0 saturated carbocycles. The molecule has 10 heteroatoms. The van der Waals surface area contributed by atoms with Gasteiger partial charge in [0.2, 0.25) is 0 Å². The van der Waals surface area contributed by atoms with Crippen molar-refractivity contribution in [2.24, 2.45) is 0 Å². The van der Waals surface area contributed by atoms with Crippen molar-refractivity contribution in [1.82, 2.24) is 0 Å². The fourth-order valence-corrected chi connectivity index (χ4v) is 4.35. The molecule has 0 radical (unpaired) electrons. The third-order valence-corrected chi connectivity index (χ3v) is 5.68. The van der Waals surface area contributed by atoms with E-state index in [-0.39, 0.29) is 45.9 Å². The molecule has 0 saturated heterocycles. The highest BCUT2D eigenvalue weighted by Crippen LogP contribution is 2.37. The van der Waals surface area contributed by atoms with Crippen molar-refractivity contribution >= 4 is 49.2 Å². The number of nitrogens with one attached hydrogen (secondary N) is 1. The maximum Gasteiger partial charge on any atom is 0.337 e. The first-order valence-corrected chi connectivity index (χ1v) is 9.58. The highest BCUT2D eigenvalue weighted by molar-refractivity contribution is 9.10. The van der Waals surface area contributed by atoms with E-state index in [1.165, 1.54) is 30.3 Å². The van der Waals surface area contributed by atoms with Crippen molar-refractivity contribution in [2.75, 3.05) is 17.9 Å². The van der Waals surface area contributed by atoms with Gasteiger partial charge in [-0.25, -0.2) is 13.2 Å². The molecule has 1 aliphatic heterocycles. The Morgan fingerprint density at radius 3 is 2.40 bits per heavy atom. The molecule has 2 N–H and O–H groups in total. The van der Waals surface area contributed by atoms with Gasteiger partial charge in [-0.3, -0.25) is 4.72 Å². The number of ether oxygens (including phenoxy) is 2. The molecule has 2 aromatic carbocycles. The molecule has 132 valence electrons. The highest BCUT2D eigenvalue weighted by Gasteiger charge is 2.24. The van der Waals surface area contributed by atoms with Crippen LogP contribution in [0.4, 0.5) is 5.69 Å². The number of fused-ring (bicyclic) bond motifs is 1. The normalized spacial score (nSPS) is 13.4. The average Bonchev–Trinajstić information content (AvgIpc) is 2.53. The van der Waals surface area contributed by atoms with Gasteiger partial charge in [-0.2, -0.15) is 0 Å². The summed E-state index contributed by atoms with van der Waals surface area (Å²) < 4.78 is 38.8. The highest BCUT2D eigenvalue weighted by atomic mass is 79.9. The van der Waals surface area contributed by atoms with Crippen LogP contribution >= 0.6 is 27.5 Å². The zero-order valence-electron chi connectivity index (χ0n) is 12.5. The van der Waals surface area contributed by atoms with Gasteiger partial charge >= 0.3 is 5.97 Å². The number of hydrogen-bond donors (Lipinski definition) is 2. The van der Waals surface area contributed by atoms with Gasteiger partial charge in [-0.15, -0.1) is 0 Å². The fourth-order valence-electron chi connectivity index (χ4n) is 2.24. The number of rotatable bonds is 4. The van der Waals surface area contributed by atoms with Crippen molar-refractivity contribution in [1.29, 1.82) is 0 Å². The summed E-state index contributed by atoms with van der Waals surface area (Å²) in [6, 6.07) is 6.76. The summed E-state index contributed by atoms with van der Waals surface area (Å²) >= 11 is 9.18. The third-order valence-electron chi connectivity index (χ3n) is 3.34. The van der Waals surface area contributed by atoms with Crippen molar-refractivity contribution in [3.63, 3.8) is 0 Å². The predicted molar refractivity (Wildman–Crippen MR) is 94.4 cm³/mol. The van der Waals surface area contributed by atoms with Crippen LogP contribution < -0.4 is 14.2 Å². The smallest absolute Gasteiger partial charge is 0.337 e. The SMILES string of the molecule is O=C(O)c1cc2c(cc1NS(=O)(=O)c1ccc(Br)cc1Cl)OCCO2. The van der Waals surface area contributed by atoms with Gasteiger partial charge in [0, 0.05) is 16.6 Å². The molecule has 0 unspecified atom stereocenters. The molecular weight excluding hydrogens is 438 g/mol. The molecule has 1 aliphatic rings. The van der Waals surface area contributed by atoms with Crippen LogP contribution in [-0.2, 0) is 10.0 Å². The molecule has 0 bridgehead atoms. The van der Waals surface area contributed by atoms with Crippen LogP contribution in [0, 0.1) is 0 Å². The average molecular weight is 449 g/mol. The largest absolute Gasteiger partial charge is 0.486 e. The van der Waals surface area contributed by atoms with E-state index in [4.69, 9.17) is 21.1 Å². The van der Waals surface area contributed by atoms with Crippen LogP contribution in [0.3, 0.4) is 0 Å². The van der Waals surface area contributed by atoms with E-state index in [2.05, 4.69) is 20.7 Å². The molecule has 7 nitrogen and oxygen atoms in total. The Balaban J connectivity index is 2.05. The summed E-state index contributed by atoms with van der Waals surface area (Å²) in [6.45, 7) is 0.565. The van der Waals surface area contributed by atoms with Gasteiger partial charge in [0.1, 0.15) is 18.1 Å². The molecule has 0 amide bonds. The minimum absolute atomic E-state index is 0.00343. The van der Waals surface area contributed by atoms with Gasteiger partial charge in [-0.05, 0) is 18.2 Å². The minimum atomic E-state index is -4.11. The second kappa shape index (κ2) is 6.74. The quantitative estimate of drug-likeness (QED) is 0.743. The number of hydrogen-bond acceptors (Lipinski definition) is 5. The molecule has 2 aromatic rings. The molecule has 0 spiro atoms. The van der Waals surface area contributed by atoms with E-state index < -0.39 is 16.0 Å². The van der Waals surface area contributed by atoms with Gasteiger partial charge in [0.05, 0.1) is 16.3 Å². The van der Waals surface area contributed by atoms with E-state index in [1.54, 1.807) is 0 Å². The number of benzene rings is 2. The summed E-state index contributed by atoms with van der Waals surface area (Å²) in [7, 11) is -4.11. The summed E-state index contributed by atoms with van der Waals surface area (Å²) in [6.07, 6.45) is 0. The lowest BCUT2D eigenvalue weighted by atomic mass is 10.1. The first-order chi connectivity index (χ1) is 11.8. The molecule has 3 rings (SSSR count). The maximum atomic E-state index is 12.6. The maximum absolute atomic E-state index is 12.6. The summed E-state index contributed by atoms with van der Waals surface area (Å²) in [5, 5.41) is 9.36. The van der Waals surface area contributed by atoms with Gasteiger partial charge in [0.25, 0.3) is 10.0 Å². The second-order valence-electron chi connectivity index (χ2n) is 5.03. The Morgan fingerprint density at radius 2 is 1.80 bits per heavy atom. The van der Waals surface area contributed by atoms with Gasteiger partial charge < -0.3 is 14.6 Å². The van der Waals surface area contributed by atoms with Gasteiger partial charge in [0.15, 0.2) is 11.5 Å². The fraction of sp³-hybridized carbons (Fsp3) is 0.133. The van der Waals surface area contributed by atoms with Gasteiger partial charge in [-0.1, -0.05) is 27.5 Å². The third kappa shape index (κ3) is 3.68. The lowest BCUT2D eigenvalue weighted by Gasteiger charge is -2.20. The Hall–Kier alpha value is -1.97. The number of sulfonamides is 1. The van der Waals surface area contributed by atoms with E-state index in [1.807, 2.05) is 0 Å². The first kappa shape index (κ1) is 17.8. The molecule has 25 heavy (non-hydrogen) atoms. The second-order valence-corrected chi connectivity index (χ2v) is 8.00. The monoisotopic (exact) mass is 447 g/mol. The Morgan fingerprint density at radius 1 is 1.16 bits per heavy atom. The number of aromatic carboxylic acids is 1. The molecule has 0 fully saturated rings. The van der Waals surface area contributed by atoms with Crippen molar-refractivity contribution in [2.45, 2.75) is 4.90 Å². The van der Waals surface area contributed by atoms with Crippen molar-refractivity contribution < 1.29 is 27.8 Å². The molecule has 0 aromatic heterocycles. The van der Waals surface area contributed by atoms with E-state index in [0.717, 1.165) is 0 Å². The van der Waals surface area contributed by atoms with E-state index in [0.29, 0.717) is 4.47 Å². The van der Waals surface area contributed by atoms with Crippen molar-refractivity contribution in [3.8, 4) is 11.5 Å². The number of halogens is 2. The summed E-state index contributed by atoms with van der Waals surface area (Å²) in [5.74, 6) is -0.805. The molecule has 0 aliphatic carbocycles. The summed E-state index contributed by atoms with van der Waals surface area (Å²) in [4.78, 5) is 11.3. The zero-order valence-corrected chi connectivity index (χ0v) is 15.6. The number of carboxylic acids is 1. The number of carbonyl (C=O) groups is 1. The minimum Gasteiger partial charge on any atom is -0.486 e. The van der Waals surface area contributed by atoms with Crippen LogP contribution in [0.15, 0.2) is 39.7 Å². The van der Waals surface area contributed by atoms with Crippen LogP contribution in [-0.4, -0.2) is 32.7 Å². The Kier molecular flexibility index (Phi) is 4.81. The van der Waals surface area contributed by atoms with Crippen LogP contribution in [0.2, 0.25) is 5.02 Å². The Bertz CT molecular complexity index is 963. The number of carboxylic acid groups (broad SMARTS) is 1. The van der Waals surface area contributed by atoms with E-state index >= 15 is 0 Å². The lowest BCUT2D eigenvalue weighted by molar-refractivity contribution is 0.0697. The molecule has 1 heterocycles.